The van der Waals surface area contributed by atoms with Crippen LogP contribution in [0, 0.1) is 5.92 Å². The van der Waals surface area contributed by atoms with Crippen molar-refractivity contribution in [2.45, 2.75) is 51.5 Å². The van der Waals surface area contributed by atoms with Gasteiger partial charge in [-0.3, -0.25) is 4.79 Å². The van der Waals surface area contributed by atoms with Gasteiger partial charge in [0.1, 0.15) is 0 Å². The van der Waals surface area contributed by atoms with Crippen molar-refractivity contribution in [2.24, 2.45) is 5.92 Å². The van der Waals surface area contributed by atoms with Crippen molar-refractivity contribution in [3.05, 3.63) is 12.1 Å². The fourth-order valence-electron chi connectivity index (χ4n) is 4.15. The summed E-state index contributed by atoms with van der Waals surface area (Å²) in [7, 11) is 0. The normalized spacial score (nSPS) is 25.0. The summed E-state index contributed by atoms with van der Waals surface area (Å²) < 4.78 is 0. The van der Waals surface area contributed by atoms with Crippen molar-refractivity contribution in [3.8, 4) is 0 Å². The predicted molar refractivity (Wildman–Crippen MR) is 98.8 cm³/mol. The van der Waals surface area contributed by atoms with Gasteiger partial charge in [0.05, 0.1) is 0 Å². The molecule has 1 atom stereocenters. The number of piperazine rings is 1. The van der Waals surface area contributed by atoms with E-state index in [0.29, 0.717) is 17.9 Å². The zero-order chi connectivity index (χ0) is 17.2. The Bertz CT molecular complexity index is 592. The molecule has 2 aliphatic heterocycles. The number of hydrogen-bond donors (Lipinski definition) is 0. The molecule has 3 fully saturated rings. The van der Waals surface area contributed by atoms with Crippen LogP contribution in [0.2, 0.25) is 0 Å². The Morgan fingerprint density at radius 2 is 1.64 bits per heavy atom. The zero-order valence-corrected chi connectivity index (χ0v) is 15.2. The molecule has 3 heterocycles. The zero-order valence-electron chi connectivity index (χ0n) is 15.2. The third-order valence-corrected chi connectivity index (χ3v) is 6.10. The number of carbonyl (C=O) groups is 1. The van der Waals surface area contributed by atoms with Gasteiger partial charge in [-0.1, -0.05) is 6.42 Å². The van der Waals surface area contributed by atoms with Crippen molar-refractivity contribution in [1.82, 2.24) is 15.1 Å². The number of aromatic nitrogens is 2. The van der Waals surface area contributed by atoms with Crippen LogP contribution < -0.4 is 9.80 Å². The van der Waals surface area contributed by atoms with Crippen LogP contribution in [0.3, 0.4) is 0 Å². The van der Waals surface area contributed by atoms with Crippen LogP contribution in [0.25, 0.3) is 0 Å². The molecule has 1 aromatic heterocycles. The van der Waals surface area contributed by atoms with Gasteiger partial charge in [-0.05, 0) is 51.2 Å². The molecule has 0 spiro atoms. The van der Waals surface area contributed by atoms with E-state index >= 15 is 0 Å². The van der Waals surface area contributed by atoms with Gasteiger partial charge in [-0.25, -0.2) is 0 Å². The summed E-state index contributed by atoms with van der Waals surface area (Å²) >= 11 is 0. The van der Waals surface area contributed by atoms with E-state index in [0.717, 1.165) is 57.2 Å². The van der Waals surface area contributed by atoms with Crippen molar-refractivity contribution < 1.29 is 4.79 Å². The third-order valence-electron chi connectivity index (χ3n) is 6.10. The number of nitrogens with zero attached hydrogens (tertiary/aromatic N) is 5. The summed E-state index contributed by atoms with van der Waals surface area (Å²) in [5.41, 5.74) is 0. The first-order valence-electron chi connectivity index (χ1n) is 9.86. The van der Waals surface area contributed by atoms with Gasteiger partial charge >= 0.3 is 0 Å². The quantitative estimate of drug-likeness (QED) is 0.843. The second-order valence-electron chi connectivity index (χ2n) is 7.73. The number of anilines is 2. The number of rotatable bonds is 3. The minimum absolute atomic E-state index is 0.303. The highest BCUT2D eigenvalue weighted by atomic mass is 16.2. The smallest absolute Gasteiger partial charge is 0.225 e. The van der Waals surface area contributed by atoms with Gasteiger partial charge in [-0.15, -0.1) is 10.2 Å². The molecule has 0 aromatic carbocycles. The van der Waals surface area contributed by atoms with Crippen LogP contribution in [0.4, 0.5) is 11.6 Å². The molecule has 2 saturated heterocycles. The van der Waals surface area contributed by atoms with Gasteiger partial charge in [0.25, 0.3) is 0 Å². The molecule has 6 heteroatoms. The second kappa shape index (κ2) is 7.18. The van der Waals surface area contributed by atoms with Gasteiger partial charge in [0, 0.05) is 44.7 Å². The van der Waals surface area contributed by atoms with Crippen LogP contribution in [-0.2, 0) is 4.79 Å². The maximum Gasteiger partial charge on any atom is 0.225 e. The summed E-state index contributed by atoms with van der Waals surface area (Å²) in [6.07, 6.45) is 7.17. The first-order chi connectivity index (χ1) is 12.2. The van der Waals surface area contributed by atoms with Crippen LogP contribution in [-0.4, -0.2) is 59.8 Å². The molecule has 4 rings (SSSR count). The molecule has 0 radical (unpaired) electrons. The van der Waals surface area contributed by atoms with E-state index in [4.69, 9.17) is 0 Å². The lowest BCUT2D eigenvalue weighted by Crippen LogP contribution is -2.51. The Labute approximate surface area is 150 Å². The third kappa shape index (κ3) is 3.44. The van der Waals surface area contributed by atoms with Crippen LogP contribution >= 0.6 is 0 Å². The fraction of sp³-hybridized carbons (Fsp3) is 0.737. The van der Waals surface area contributed by atoms with Gasteiger partial charge < -0.3 is 14.7 Å². The fourth-order valence-corrected chi connectivity index (χ4v) is 4.15. The monoisotopic (exact) mass is 343 g/mol. The lowest BCUT2D eigenvalue weighted by Gasteiger charge is -2.38. The minimum Gasteiger partial charge on any atom is -0.352 e. The van der Waals surface area contributed by atoms with Gasteiger partial charge in [0.2, 0.25) is 5.91 Å². The summed E-state index contributed by atoms with van der Waals surface area (Å²) in [6, 6.07) is 4.75. The van der Waals surface area contributed by atoms with E-state index in [1.807, 2.05) is 4.90 Å². The molecular weight excluding hydrogens is 314 g/mol. The summed E-state index contributed by atoms with van der Waals surface area (Å²) in [6.45, 7) is 6.67. The van der Waals surface area contributed by atoms with Crippen LogP contribution in [0.5, 0.6) is 0 Å². The molecule has 1 amide bonds. The average Bonchev–Trinajstić information content (AvgIpc) is 2.61. The first-order valence-corrected chi connectivity index (χ1v) is 9.86. The maximum absolute atomic E-state index is 12.3. The van der Waals surface area contributed by atoms with E-state index in [2.05, 4.69) is 39.1 Å². The summed E-state index contributed by atoms with van der Waals surface area (Å²) in [5.74, 6) is 2.60. The van der Waals surface area contributed by atoms with Crippen molar-refractivity contribution in [1.29, 1.82) is 0 Å². The van der Waals surface area contributed by atoms with Gasteiger partial charge in [0.15, 0.2) is 11.6 Å². The molecule has 1 aliphatic carbocycles. The first kappa shape index (κ1) is 16.6. The molecule has 0 N–H and O–H groups in total. The Morgan fingerprint density at radius 3 is 2.24 bits per heavy atom. The topological polar surface area (TPSA) is 52.6 Å². The highest BCUT2D eigenvalue weighted by Gasteiger charge is 2.31. The molecule has 1 unspecified atom stereocenters. The predicted octanol–water partition coefficient (Wildman–Crippen LogP) is 2.30. The number of piperidine rings is 1. The molecule has 6 nitrogen and oxygen atoms in total. The Balaban J connectivity index is 1.34. The average molecular weight is 343 g/mol. The van der Waals surface area contributed by atoms with E-state index in [1.165, 1.54) is 25.7 Å². The number of carbonyl (C=O) groups excluding carboxylic acids is 1. The lowest BCUT2D eigenvalue weighted by atomic mass is 9.84. The highest BCUT2D eigenvalue weighted by molar-refractivity contribution is 5.79. The molecule has 3 aliphatic rings. The molecule has 1 saturated carbocycles. The highest BCUT2D eigenvalue weighted by Crippen LogP contribution is 2.29. The molecule has 1 aromatic rings. The maximum atomic E-state index is 12.3. The molecular formula is C19H29N5O. The standard InChI is InChI=1S/C19H29N5O/c1-15-5-2-3-10-24(15)18-9-8-17(20-21-18)22-11-13-23(14-12-22)19(25)16-6-4-7-16/h8-9,15-16H,2-7,10-14H2,1H3. The Kier molecular flexibility index (Phi) is 4.77. The van der Waals surface area contributed by atoms with Crippen molar-refractivity contribution in [3.63, 3.8) is 0 Å². The van der Waals surface area contributed by atoms with E-state index < -0.39 is 0 Å². The molecule has 25 heavy (non-hydrogen) atoms. The van der Waals surface area contributed by atoms with E-state index in [1.54, 1.807) is 0 Å². The van der Waals surface area contributed by atoms with E-state index in [9.17, 15) is 4.79 Å². The SMILES string of the molecule is CC1CCCCN1c1ccc(N2CCN(C(=O)C3CCC3)CC2)nn1. The second-order valence-corrected chi connectivity index (χ2v) is 7.73. The largest absolute Gasteiger partial charge is 0.352 e. The Hall–Kier alpha value is -1.85. The summed E-state index contributed by atoms with van der Waals surface area (Å²) in [5, 5.41) is 8.96. The molecule has 0 bridgehead atoms. The summed E-state index contributed by atoms with van der Waals surface area (Å²) in [4.78, 5) is 19.0. The van der Waals surface area contributed by atoms with Gasteiger partial charge in [-0.2, -0.15) is 0 Å². The minimum atomic E-state index is 0.303. The van der Waals surface area contributed by atoms with Crippen LogP contribution in [0.1, 0.15) is 45.4 Å². The van der Waals surface area contributed by atoms with Crippen molar-refractivity contribution >= 4 is 17.5 Å². The van der Waals surface area contributed by atoms with E-state index in [-0.39, 0.29) is 0 Å². The number of amides is 1. The number of hydrogen-bond acceptors (Lipinski definition) is 5. The Morgan fingerprint density at radius 1 is 0.920 bits per heavy atom. The molecule has 136 valence electrons. The van der Waals surface area contributed by atoms with Crippen LogP contribution in [0.15, 0.2) is 12.1 Å². The van der Waals surface area contributed by atoms with Crippen molar-refractivity contribution in [2.75, 3.05) is 42.5 Å². The lowest BCUT2D eigenvalue weighted by molar-refractivity contribution is -0.138.